The average molecular weight is 509 g/mol. The van der Waals surface area contributed by atoms with Crippen LogP contribution in [-0.2, 0) is 17.6 Å². The highest BCUT2D eigenvalue weighted by Crippen LogP contribution is 2.40. The lowest BCUT2D eigenvalue weighted by molar-refractivity contribution is -0.139. The molecule has 1 aliphatic carbocycles. The molecule has 2 aliphatic rings. The van der Waals surface area contributed by atoms with Crippen molar-refractivity contribution in [2.75, 3.05) is 30.3 Å². The molecule has 0 amide bonds. The van der Waals surface area contributed by atoms with Gasteiger partial charge in [0.05, 0.1) is 0 Å². The van der Waals surface area contributed by atoms with Crippen molar-refractivity contribution in [1.29, 1.82) is 0 Å². The van der Waals surface area contributed by atoms with E-state index in [-0.39, 0.29) is 30.5 Å². The minimum Gasteiger partial charge on any atom is -0.480 e. The molecule has 4 rings (SSSR count). The molecule has 1 unspecified atom stereocenters. The first-order valence-electron chi connectivity index (χ1n) is 12.1. The van der Waals surface area contributed by atoms with Crippen LogP contribution in [0.1, 0.15) is 49.8 Å². The summed E-state index contributed by atoms with van der Waals surface area (Å²) in [7, 11) is 0. The van der Waals surface area contributed by atoms with Gasteiger partial charge in [-0.05, 0) is 56.7 Å². The molecule has 35 heavy (non-hydrogen) atoms. The predicted octanol–water partition coefficient (Wildman–Crippen LogP) is 4.26. The second-order valence-electron chi connectivity index (χ2n) is 9.30. The van der Waals surface area contributed by atoms with Crippen LogP contribution >= 0.6 is 11.6 Å². The summed E-state index contributed by atoms with van der Waals surface area (Å²) in [5.41, 5.74) is 2.28. The van der Waals surface area contributed by atoms with E-state index in [1.807, 2.05) is 4.90 Å². The normalized spacial score (nSPS) is 17.8. The summed E-state index contributed by atoms with van der Waals surface area (Å²) in [4.78, 5) is 26.3. The summed E-state index contributed by atoms with van der Waals surface area (Å²) in [5.74, 6) is -2.38. The molecular weight excluding hydrogens is 478 g/mol. The third kappa shape index (κ3) is 7.20. The van der Waals surface area contributed by atoms with Crippen LogP contribution in [0.15, 0.2) is 24.5 Å². The molecule has 2 aromatic rings. The Bertz CT molecular complexity index is 1020. The van der Waals surface area contributed by atoms with Gasteiger partial charge in [-0.25, -0.2) is 28.5 Å². The number of rotatable bonds is 12. The smallest absolute Gasteiger partial charge is 0.326 e. The number of alkyl halides is 2. The summed E-state index contributed by atoms with van der Waals surface area (Å²) in [6, 6.07) is 4.50. The van der Waals surface area contributed by atoms with Crippen molar-refractivity contribution in [2.24, 2.45) is 0 Å². The SMILES string of the molecule is O=C(O)C(CCN(CCCCc1ccc2c(n1)NCCC2)C1CC(F)(F)C1)Nc1cc(Cl)ncn1. The minimum absolute atomic E-state index is 0.183. The van der Waals surface area contributed by atoms with Crippen molar-refractivity contribution in [3.8, 4) is 0 Å². The summed E-state index contributed by atoms with van der Waals surface area (Å²) in [5, 5.41) is 16.0. The summed E-state index contributed by atoms with van der Waals surface area (Å²) in [6.07, 6.45) is 5.82. The fourth-order valence-corrected chi connectivity index (χ4v) is 4.78. The van der Waals surface area contributed by atoms with E-state index in [2.05, 4.69) is 32.7 Å². The van der Waals surface area contributed by atoms with Gasteiger partial charge in [0.2, 0.25) is 0 Å². The Morgan fingerprint density at radius 1 is 1.29 bits per heavy atom. The Balaban J connectivity index is 1.29. The summed E-state index contributed by atoms with van der Waals surface area (Å²) >= 11 is 5.85. The number of halogens is 3. The number of fused-ring (bicyclic) bond motifs is 1. The van der Waals surface area contributed by atoms with E-state index >= 15 is 0 Å². The van der Waals surface area contributed by atoms with Gasteiger partial charge in [-0.3, -0.25) is 4.90 Å². The van der Waals surface area contributed by atoms with Crippen LogP contribution in [0.5, 0.6) is 0 Å². The van der Waals surface area contributed by atoms with Crippen molar-refractivity contribution >= 4 is 29.2 Å². The number of aryl methyl sites for hydroxylation is 2. The van der Waals surface area contributed by atoms with E-state index in [9.17, 15) is 18.7 Å². The molecule has 0 saturated heterocycles. The zero-order valence-electron chi connectivity index (χ0n) is 19.5. The molecular formula is C24H31ClF2N6O2. The molecule has 1 fully saturated rings. The van der Waals surface area contributed by atoms with Gasteiger partial charge in [0, 0.05) is 43.7 Å². The standard InChI is InChI=1S/C24H31ClF2N6O2/c25-20-12-21(30-15-29-20)32-19(23(34)35)8-11-33(18-13-24(26,27)14-18)10-2-1-5-17-7-6-16-4-3-9-28-22(16)31-17/h6-7,12,15,18-19H,1-5,8-11,13-14H2,(H,28,31)(H,34,35)(H,29,30,32). The van der Waals surface area contributed by atoms with Gasteiger partial charge < -0.3 is 15.7 Å². The Morgan fingerprint density at radius 3 is 2.86 bits per heavy atom. The van der Waals surface area contributed by atoms with Gasteiger partial charge in [-0.2, -0.15) is 0 Å². The molecule has 1 atom stereocenters. The number of aromatic nitrogens is 3. The Labute approximate surface area is 208 Å². The fraction of sp³-hybridized carbons (Fsp3) is 0.583. The highest BCUT2D eigenvalue weighted by molar-refractivity contribution is 6.29. The number of aliphatic carboxylic acids is 1. The first kappa shape index (κ1) is 25.5. The van der Waals surface area contributed by atoms with E-state index in [4.69, 9.17) is 16.6 Å². The third-order valence-electron chi connectivity index (χ3n) is 6.62. The molecule has 3 heterocycles. The lowest BCUT2D eigenvalue weighted by Gasteiger charge is -2.43. The molecule has 0 aromatic carbocycles. The lowest BCUT2D eigenvalue weighted by atomic mass is 9.86. The number of anilines is 2. The van der Waals surface area contributed by atoms with Crippen molar-refractivity contribution < 1.29 is 18.7 Å². The number of carboxylic acids is 1. The Hall–Kier alpha value is -2.59. The number of carboxylic acid groups (broad SMARTS) is 1. The van der Waals surface area contributed by atoms with E-state index in [0.29, 0.717) is 18.9 Å². The molecule has 2 aromatic heterocycles. The maximum absolute atomic E-state index is 13.6. The molecule has 190 valence electrons. The number of nitrogens with zero attached hydrogens (tertiary/aromatic N) is 4. The molecule has 8 nitrogen and oxygen atoms in total. The largest absolute Gasteiger partial charge is 0.480 e. The van der Waals surface area contributed by atoms with E-state index in [1.54, 1.807) is 0 Å². The quantitative estimate of drug-likeness (QED) is 0.288. The first-order valence-corrected chi connectivity index (χ1v) is 12.5. The van der Waals surface area contributed by atoms with Gasteiger partial charge in [0.15, 0.2) is 0 Å². The predicted molar refractivity (Wildman–Crippen MR) is 130 cm³/mol. The maximum atomic E-state index is 13.6. The zero-order valence-corrected chi connectivity index (χ0v) is 20.3. The van der Waals surface area contributed by atoms with Crippen LogP contribution in [0.4, 0.5) is 20.4 Å². The second kappa shape index (κ2) is 11.4. The average Bonchev–Trinajstić information content (AvgIpc) is 2.81. The molecule has 3 N–H and O–H groups in total. The Kier molecular flexibility index (Phi) is 8.33. The van der Waals surface area contributed by atoms with Crippen LogP contribution < -0.4 is 10.6 Å². The molecule has 0 bridgehead atoms. The van der Waals surface area contributed by atoms with Crippen LogP contribution in [0.3, 0.4) is 0 Å². The lowest BCUT2D eigenvalue weighted by Crippen LogP contribution is -2.52. The number of carbonyl (C=O) groups is 1. The summed E-state index contributed by atoms with van der Waals surface area (Å²) in [6.45, 7) is 1.97. The highest BCUT2D eigenvalue weighted by Gasteiger charge is 2.47. The van der Waals surface area contributed by atoms with E-state index < -0.39 is 17.9 Å². The molecule has 1 saturated carbocycles. The minimum atomic E-state index is -2.63. The van der Waals surface area contributed by atoms with E-state index in [0.717, 1.165) is 50.2 Å². The van der Waals surface area contributed by atoms with Crippen LogP contribution in [-0.4, -0.2) is 68.6 Å². The number of pyridine rings is 1. The Morgan fingerprint density at radius 2 is 2.11 bits per heavy atom. The molecule has 1 aliphatic heterocycles. The van der Waals surface area contributed by atoms with Crippen LogP contribution in [0.2, 0.25) is 5.15 Å². The molecule has 0 radical (unpaired) electrons. The third-order valence-corrected chi connectivity index (χ3v) is 6.83. The number of nitrogens with one attached hydrogen (secondary N) is 2. The van der Waals surface area contributed by atoms with Gasteiger partial charge in [0.25, 0.3) is 5.92 Å². The van der Waals surface area contributed by atoms with Crippen LogP contribution in [0.25, 0.3) is 0 Å². The van der Waals surface area contributed by atoms with Gasteiger partial charge in [-0.15, -0.1) is 0 Å². The van der Waals surface area contributed by atoms with Gasteiger partial charge >= 0.3 is 5.97 Å². The topological polar surface area (TPSA) is 103 Å². The second-order valence-corrected chi connectivity index (χ2v) is 9.69. The maximum Gasteiger partial charge on any atom is 0.326 e. The summed E-state index contributed by atoms with van der Waals surface area (Å²) < 4.78 is 27.1. The zero-order chi connectivity index (χ0) is 24.8. The van der Waals surface area contributed by atoms with Gasteiger partial charge in [-0.1, -0.05) is 17.7 Å². The van der Waals surface area contributed by atoms with Crippen molar-refractivity contribution in [1.82, 2.24) is 19.9 Å². The number of unbranched alkanes of at least 4 members (excludes halogenated alkanes) is 1. The first-order chi connectivity index (χ1) is 16.8. The van der Waals surface area contributed by atoms with Crippen molar-refractivity contribution in [2.45, 2.75) is 69.4 Å². The molecule has 11 heteroatoms. The van der Waals surface area contributed by atoms with Crippen molar-refractivity contribution in [3.63, 3.8) is 0 Å². The number of hydrogen-bond acceptors (Lipinski definition) is 7. The monoisotopic (exact) mass is 508 g/mol. The number of hydrogen-bond donors (Lipinski definition) is 3. The fourth-order valence-electron chi connectivity index (χ4n) is 4.64. The highest BCUT2D eigenvalue weighted by atomic mass is 35.5. The molecule has 0 spiro atoms. The van der Waals surface area contributed by atoms with Crippen molar-refractivity contribution in [3.05, 3.63) is 40.9 Å². The van der Waals surface area contributed by atoms with Crippen LogP contribution in [0, 0.1) is 0 Å². The van der Waals surface area contributed by atoms with Gasteiger partial charge in [0.1, 0.15) is 29.2 Å². The van der Waals surface area contributed by atoms with E-state index in [1.165, 1.54) is 18.0 Å².